The molecular formula is C7H14CaO4. The summed E-state index contributed by atoms with van der Waals surface area (Å²) in [4.78, 5) is 20.5. The monoisotopic (exact) mass is 202 g/mol. The van der Waals surface area contributed by atoms with Gasteiger partial charge < -0.3 is 13.1 Å². The van der Waals surface area contributed by atoms with Gasteiger partial charge in [-0.05, 0) is 6.42 Å². The fraction of sp³-hybridized carbons (Fsp3) is 0.714. The van der Waals surface area contributed by atoms with Crippen molar-refractivity contribution >= 4 is 49.7 Å². The van der Waals surface area contributed by atoms with Crippen molar-refractivity contribution in [2.24, 2.45) is 5.92 Å². The SMILES string of the molecule is CCCCC(C(=O)O)C(=O)O.[Ca+2].[H-].[H-]. The number of rotatable bonds is 5. The first-order valence-electron chi connectivity index (χ1n) is 3.55. The molecule has 0 saturated carbocycles. The van der Waals surface area contributed by atoms with Gasteiger partial charge in [0, 0.05) is 0 Å². The Morgan fingerprint density at radius 2 is 1.75 bits per heavy atom. The van der Waals surface area contributed by atoms with Crippen LogP contribution in [0.3, 0.4) is 0 Å². The first-order valence-corrected chi connectivity index (χ1v) is 3.55. The van der Waals surface area contributed by atoms with E-state index in [-0.39, 0.29) is 47.0 Å². The van der Waals surface area contributed by atoms with Crippen LogP contribution in [0.5, 0.6) is 0 Å². The van der Waals surface area contributed by atoms with E-state index in [1.807, 2.05) is 6.92 Å². The van der Waals surface area contributed by atoms with Crippen LogP contribution in [0, 0.1) is 5.92 Å². The summed E-state index contributed by atoms with van der Waals surface area (Å²) in [7, 11) is 0. The van der Waals surface area contributed by atoms with Gasteiger partial charge in [-0.15, -0.1) is 0 Å². The van der Waals surface area contributed by atoms with Crippen LogP contribution in [0.4, 0.5) is 0 Å². The van der Waals surface area contributed by atoms with Crippen molar-refractivity contribution in [1.29, 1.82) is 0 Å². The first-order chi connectivity index (χ1) is 5.09. The third kappa shape index (κ3) is 5.80. The van der Waals surface area contributed by atoms with Crippen molar-refractivity contribution in [3.8, 4) is 0 Å². The predicted octanol–water partition coefficient (Wildman–Crippen LogP) is 0.806. The summed E-state index contributed by atoms with van der Waals surface area (Å²) in [5.41, 5.74) is 0. The zero-order chi connectivity index (χ0) is 8.85. The second kappa shape index (κ2) is 7.83. The van der Waals surface area contributed by atoms with Crippen molar-refractivity contribution in [3.63, 3.8) is 0 Å². The van der Waals surface area contributed by atoms with Crippen LogP contribution in [-0.4, -0.2) is 59.9 Å². The Hall–Kier alpha value is 0.200. The number of carboxylic acid groups (broad SMARTS) is 2. The number of aliphatic carboxylic acids is 2. The van der Waals surface area contributed by atoms with E-state index in [4.69, 9.17) is 10.2 Å². The van der Waals surface area contributed by atoms with Gasteiger partial charge in [-0.1, -0.05) is 19.8 Å². The Bertz CT molecular complexity index is 152. The van der Waals surface area contributed by atoms with E-state index < -0.39 is 17.9 Å². The van der Waals surface area contributed by atoms with E-state index in [1.165, 1.54) is 0 Å². The molecule has 12 heavy (non-hydrogen) atoms. The van der Waals surface area contributed by atoms with E-state index in [0.717, 1.165) is 6.42 Å². The second-order valence-corrected chi connectivity index (χ2v) is 2.37. The Morgan fingerprint density at radius 1 is 1.33 bits per heavy atom. The minimum atomic E-state index is -1.24. The Morgan fingerprint density at radius 3 is 2.00 bits per heavy atom. The van der Waals surface area contributed by atoms with E-state index >= 15 is 0 Å². The van der Waals surface area contributed by atoms with Gasteiger partial charge in [0.25, 0.3) is 0 Å². The van der Waals surface area contributed by atoms with Crippen molar-refractivity contribution < 1.29 is 22.7 Å². The summed E-state index contributed by atoms with van der Waals surface area (Å²) in [6.07, 6.45) is 1.68. The summed E-state index contributed by atoms with van der Waals surface area (Å²) in [6.45, 7) is 1.89. The second-order valence-electron chi connectivity index (χ2n) is 2.37. The predicted molar refractivity (Wildman–Crippen MR) is 46.3 cm³/mol. The minimum absolute atomic E-state index is 0. The average molecular weight is 202 g/mol. The van der Waals surface area contributed by atoms with E-state index in [0.29, 0.717) is 6.42 Å². The molecule has 0 aliphatic heterocycles. The third-order valence-electron chi connectivity index (χ3n) is 1.44. The smallest absolute Gasteiger partial charge is 1.00 e. The Labute approximate surface area is 104 Å². The van der Waals surface area contributed by atoms with Crippen molar-refractivity contribution in [2.75, 3.05) is 0 Å². The molecule has 0 aromatic carbocycles. The molecule has 0 unspecified atom stereocenters. The molecule has 0 atom stereocenters. The van der Waals surface area contributed by atoms with Gasteiger partial charge in [0.05, 0.1) is 0 Å². The maximum absolute atomic E-state index is 10.3. The zero-order valence-electron chi connectivity index (χ0n) is 9.12. The fourth-order valence-electron chi connectivity index (χ4n) is 0.761. The number of hydrogen-bond donors (Lipinski definition) is 2. The molecule has 0 aliphatic rings. The molecule has 2 N–H and O–H groups in total. The van der Waals surface area contributed by atoms with Gasteiger partial charge in [-0.25, -0.2) is 0 Å². The van der Waals surface area contributed by atoms with Crippen LogP contribution in [-0.2, 0) is 9.59 Å². The molecule has 0 spiro atoms. The fourth-order valence-corrected chi connectivity index (χ4v) is 0.761. The van der Waals surface area contributed by atoms with Crippen LogP contribution < -0.4 is 0 Å². The normalized spacial score (nSPS) is 9.17. The van der Waals surface area contributed by atoms with E-state index in [2.05, 4.69) is 0 Å². The molecule has 0 saturated heterocycles. The maximum atomic E-state index is 10.3. The molecule has 0 heterocycles. The maximum Gasteiger partial charge on any atom is 2.00 e. The number of unbranched alkanes of at least 4 members (excludes halogenated alkanes) is 1. The molecular weight excluding hydrogens is 188 g/mol. The van der Waals surface area contributed by atoms with Crippen molar-refractivity contribution in [3.05, 3.63) is 0 Å². The van der Waals surface area contributed by atoms with Gasteiger partial charge in [0.15, 0.2) is 5.92 Å². The van der Waals surface area contributed by atoms with Gasteiger partial charge in [-0.3, -0.25) is 9.59 Å². The van der Waals surface area contributed by atoms with Gasteiger partial charge in [-0.2, -0.15) is 0 Å². The quantitative estimate of drug-likeness (QED) is 0.511. The molecule has 0 radical (unpaired) electrons. The summed E-state index contributed by atoms with van der Waals surface area (Å²) in [5.74, 6) is -3.72. The van der Waals surface area contributed by atoms with Crippen LogP contribution in [0.25, 0.3) is 0 Å². The van der Waals surface area contributed by atoms with Crippen molar-refractivity contribution in [2.45, 2.75) is 26.2 Å². The molecule has 0 aliphatic carbocycles. The number of carboxylic acids is 2. The molecule has 4 nitrogen and oxygen atoms in total. The molecule has 0 amide bonds. The van der Waals surface area contributed by atoms with Gasteiger partial charge >= 0.3 is 49.7 Å². The van der Waals surface area contributed by atoms with E-state index in [9.17, 15) is 9.59 Å². The van der Waals surface area contributed by atoms with Crippen LogP contribution in [0.15, 0.2) is 0 Å². The van der Waals surface area contributed by atoms with Gasteiger partial charge in [0.2, 0.25) is 0 Å². The molecule has 68 valence electrons. The third-order valence-corrected chi connectivity index (χ3v) is 1.44. The molecule has 5 heteroatoms. The van der Waals surface area contributed by atoms with Crippen LogP contribution in [0.1, 0.15) is 29.0 Å². The molecule has 0 bridgehead atoms. The standard InChI is InChI=1S/C7H12O4.Ca.2H/c1-2-3-4-5(6(8)9)7(10)11;;;/h5H,2-4H2,1H3,(H,8,9)(H,10,11);;;/q;+2;2*-1. The summed E-state index contributed by atoms with van der Waals surface area (Å²) >= 11 is 0. The Balaban J connectivity index is -0.000000167. The minimum Gasteiger partial charge on any atom is -1.00 e. The average Bonchev–Trinajstić information content (AvgIpc) is 1.87. The van der Waals surface area contributed by atoms with E-state index in [1.54, 1.807) is 0 Å². The summed E-state index contributed by atoms with van der Waals surface area (Å²) in [5, 5.41) is 16.8. The molecule has 0 aromatic rings. The van der Waals surface area contributed by atoms with Crippen LogP contribution >= 0.6 is 0 Å². The molecule has 0 aromatic heterocycles. The van der Waals surface area contributed by atoms with Crippen LogP contribution in [0.2, 0.25) is 0 Å². The number of hydrogen-bond acceptors (Lipinski definition) is 2. The van der Waals surface area contributed by atoms with Crippen molar-refractivity contribution in [1.82, 2.24) is 0 Å². The number of carbonyl (C=O) groups is 2. The molecule has 0 fully saturated rings. The Kier molecular flexibility index (Phi) is 9.60. The topological polar surface area (TPSA) is 74.6 Å². The molecule has 0 rings (SSSR count). The van der Waals surface area contributed by atoms with Gasteiger partial charge in [0.1, 0.15) is 0 Å². The zero-order valence-corrected chi connectivity index (χ0v) is 9.33. The summed E-state index contributed by atoms with van der Waals surface area (Å²) in [6, 6.07) is 0. The first kappa shape index (κ1) is 14.7. The summed E-state index contributed by atoms with van der Waals surface area (Å²) < 4.78 is 0. The largest absolute Gasteiger partial charge is 2.00 e.